The Labute approximate surface area is 99.3 Å². The number of rotatable bonds is 2. The largest absolute Gasteiger partial charge is 0.316 e. The predicted molar refractivity (Wildman–Crippen MR) is 69.9 cm³/mol. The van der Waals surface area contributed by atoms with Gasteiger partial charge < -0.3 is 5.32 Å². The van der Waals surface area contributed by atoms with Crippen molar-refractivity contribution < 1.29 is 0 Å². The first kappa shape index (κ1) is 11.7. The van der Waals surface area contributed by atoms with Gasteiger partial charge in [0.1, 0.15) is 0 Å². The van der Waals surface area contributed by atoms with Crippen LogP contribution < -0.4 is 5.32 Å². The summed E-state index contributed by atoms with van der Waals surface area (Å²) in [5, 5.41) is 3.52. The van der Waals surface area contributed by atoms with Crippen molar-refractivity contribution in [2.45, 2.75) is 39.5 Å². The zero-order chi connectivity index (χ0) is 11.5. The molecule has 1 aliphatic heterocycles. The van der Waals surface area contributed by atoms with Gasteiger partial charge in [-0.3, -0.25) is 0 Å². The van der Waals surface area contributed by atoms with E-state index >= 15 is 0 Å². The highest BCUT2D eigenvalue weighted by molar-refractivity contribution is 5.37. The zero-order valence-electron chi connectivity index (χ0n) is 10.7. The van der Waals surface area contributed by atoms with Crippen LogP contribution in [0.3, 0.4) is 0 Å². The third-order valence-corrected chi connectivity index (χ3v) is 4.04. The Morgan fingerprint density at radius 1 is 1.25 bits per heavy atom. The summed E-state index contributed by atoms with van der Waals surface area (Å²) in [4.78, 5) is 0. The second-order valence-electron chi connectivity index (χ2n) is 5.07. The zero-order valence-corrected chi connectivity index (χ0v) is 10.7. The Hall–Kier alpha value is -0.820. The molecule has 1 heteroatoms. The van der Waals surface area contributed by atoms with Gasteiger partial charge in [0.05, 0.1) is 0 Å². The molecule has 0 aromatic heterocycles. The minimum atomic E-state index is 0.771. The van der Waals surface area contributed by atoms with Gasteiger partial charge in [-0.1, -0.05) is 31.5 Å². The molecule has 2 rings (SSSR count). The normalized spacial score (nSPS) is 25.7. The van der Waals surface area contributed by atoms with Crippen molar-refractivity contribution in [2.24, 2.45) is 5.92 Å². The second-order valence-corrected chi connectivity index (χ2v) is 5.07. The summed E-state index contributed by atoms with van der Waals surface area (Å²) in [7, 11) is 0. The summed E-state index contributed by atoms with van der Waals surface area (Å²) < 4.78 is 0. The van der Waals surface area contributed by atoms with Crippen LogP contribution in [-0.2, 0) is 0 Å². The third-order valence-electron chi connectivity index (χ3n) is 4.04. The summed E-state index contributed by atoms with van der Waals surface area (Å²) >= 11 is 0. The number of nitrogens with one attached hydrogen (secondary N) is 1. The van der Waals surface area contributed by atoms with E-state index in [1.54, 1.807) is 5.56 Å². The van der Waals surface area contributed by atoms with E-state index in [4.69, 9.17) is 0 Å². The van der Waals surface area contributed by atoms with Gasteiger partial charge in [0.15, 0.2) is 0 Å². The SMILES string of the molecule is CCC1CNCCC1c1c(C)cccc1C. The quantitative estimate of drug-likeness (QED) is 0.800. The van der Waals surface area contributed by atoms with Gasteiger partial charge in [0.2, 0.25) is 0 Å². The first-order chi connectivity index (χ1) is 7.74. The summed E-state index contributed by atoms with van der Waals surface area (Å²) in [6.07, 6.45) is 2.58. The maximum Gasteiger partial charge on any atom is -0.00148 e. The molecule has 1 aromatic carbocycles. The summed E-state index contributed by atoms with van der Waals surface area (Å²) in [6, 6.07) is 6.70. The molecule has 0 aliphatic carbocycles. The van der Waals surface area contributed by atoms with E-state index in [0.29, 0.717) is 0 Å². The van der Waals surface area contributed by atoms with E-state index in [1.807, 2.05) is 0 Å². The van der Waals surface area contributed by atoms with Crippen LogP contribution in [-0.4, -0.2) is 13.1 Å². The summed E-state index contributed by atoms with van der Waals surface area (Å²) in [5.74, 6) is 1.58. The number of piperidine rings is 1. The number of hydrogen-bond acceptors (Lipinski definition) is 1. The lowest BCUT2D eigenvalue weighted by atomic mass is 9.77. The number of aryl methyl sites for hydroxylation is 2. The van der Waals surface area contributed by atoms with Crippen LogP contribution in [0.1, 0.15) is 42.4 Å². The van der Waals surface area contributed by atoms with Crippen molar-refractivity contribution in [1.29, 1.82) is 0 Å². The molecule has 1 aromatic rings. The first-order valence-corrected chi connectivity index (χ1v) is 6.50. The number of hydrogen-bond donors (Lipinski definition) is 1. The molecule has 88 valence electrons. The fourth-order valence-electron chi connectivity index (χ4n) is 3.14. The van der Waals surface area contributed by atoms with Gasteiger partial charge in [0.25, 0.3) is 0 Å². The fraction of sp³-hybridized carbons (Fsp3) is 0.600. The van der Waals surface area contributed by atoms with Crippen LogP contribution in [0.5, 0.6) is 0 Å². The van der Waals surface area contributed by atoms with Gasteiger partial charge in [-0.15, -0.1) is 0 Å². The van der Waals surface area contributed by atoms with Crippen molar-refractivity contribution in [3.8, 4) is 0 Å². The average molecular weight is 217 g/mol. The second kappa shape index (κ2) is 5.01. The third kappa shape index (κ3) is 2.15. The minimum Gasteiger partial charge on any atom is -0.316 e. The Morgan fingerprint density at radius 3 is 2.56 bits per heavy atom. The van der Waals surface area contributed by atoms with E-state index in [2.05, 4.69) is 44.3 Å². The molecule has 0 amide bonds. The predicted octanol–water partition coefficient (Wildman–Crippen LogP) is 3.41. The van der Waals surface area contributed by atoms with Crippen LogP contribution >= 0.6 is 0 Å². The average Bonchev–Trinajstić information content (AvgIpc) is 2.29. The lowest BCUT2D eigenvalue weighted by molar-refractivity contribution is 0.316. The molecule has 1 fully saturated rings. The van der Waals surface area contributed by atoms with E-state index in [1.165, 1.54) is 37.1 Å². The molecular formula is C15H23N. The van der Waals surface area contributed by atoms with E-state index < -0.39 is 0 Å². The van der Waals surface area contributed by atoms with Crippen molar-refractivity contribution in [2.75, 3.05) is 13.1 Å². The van der Waals surface area contributed by atoms with Crippen LogP contribution in [0.4, 0.5) is 0 Å². The monoisotopic (exact) mass is 217 g/mol. The van der Waals surface area contributed by atoms with Crippen LogP contribution in [0.25, 0.3) is 0 Å². The maximum absolute atomic E-state index is 3.52. The topological polar surface area (TPSA) is 12.0 Å². The van der Waals surface area contributed by atoms with E-state index in [9.17, 15) is 0 Å². The van der Waals surface area contributed by atoms with Gasteiger partial charge in [-0.2, -0.15) is 0 Å². The Balaban J connectivity index is 2.34. The van der Waals surface area contributed by atoms with Crippen LogP contribution in [0.15, 0.2) is 18.2 Å². The smallest absolute Gasteiger partial charge is 0.00148 e. The van der Waals surface area contributed by atoms with Gasteiger partial charge in [-0.25, -0.2) is 0 Å². The fourth-order valence-corrected chi connectivity index (χ4v) is 3.14. The Kier molecular flexibility index (Phi) is 3.65. The summed E-state index contributed by atoms with van der Waals surface area (Å²) in [6.45, 7) is 9.20. The highest BCUT2D eigenvalue weighted by Crippen LogP contribution is 2.35. The van der Waals surface area contributed by atoms with Crippen LogP contribution in [0, 0.1) is 19.8 Å². The van der Waals surface area contributed by atoms with Crippen molar-refractivity contribution in [1.82, 2.24) is 5.32 Å². The molecular weight excluding hydrogens is 194 g/mol. The van der Waals surface area contributed by atoms with E-state index in [0.717, 1.165) is 11.8 Å². The molecule has 0 bridgehead atoms. The molecule has 1 nitrogen and oxygen atoms in total. The minimum absolute atomic E-state index is 0.771. The van der Waals surface area contributed by atoms with Gasteiger partial charge >= 0.3 is 0 Å². The molecule has 2 unspecified atom stereocenters. The molecule has 1 N–H and O–H groups in total. The highest BCUT2D eigenvalue weighted by atomic mass is 14.9. The molecule has 0 radical (unpaired) electrons. The maximum atomic E-state index is 3.52. The van der Waals surface area contributed by atoms with Gasteiger partial charge in [-0.05, 0) is 61.9 Å². The van der Waals surface area contributed by atoms with Crippen LogP contribution in [0.2, 0.25) is 0 Å². The highest BCUT2D eigenvalue weighted by Gasteiger charge is 2.26. The Morgan fingerprint density at radius 2 is 1.94 bits per heavy atom. The van der Waals surface area contributed by atoms with Gasteiger partial charge in [0, 0.05) is 0 Å². The lowest BCUT2D eigenvalue weighted by Crippen LogP contribution is -2.35. The van der Waals surface area contributed by atoms with E-state index in [-0.39, 0.29) is 0 Å². The van der Waals surface area contributed by atoms with Crippen molar-refractivity contribution >= 4 is 0 Å². The van der Waals surface area contributed by atoms with Crippen molar-refractivity contribution in [3.63, 3.8) is 0 Å². The molecule has 1 aliphatic rings. The molecule has 1 heterocycles. The molecule has 1 saturated heterocycles. The summed E-state index contributed by atoms with van der Waals surface area (Å²) in [5.41, 5.74) is 4.58. The lowest BCUT2D eigenvalue weighted by Gasteiger charge is -2.33. The molecule has 16 heavy (non-hydrogen) atoms. The number of benzene rings is 1. The Bertz CT molecular complexity index is 336. The first-order valence-electron chi connectivity index (χ1n) is 6.50. The molecule has 0 spiro atoms. The molecule has 0 saturated carbocycles. The standard InChI is InChI=1S/C15H23N/c1-4-13-10-16-9-8-14(13)15-11(2)6-5-7-12(15)3/h5-7,13-14,16H,4,8-10H2,1-3H3. The molecule has 2 atom stereocenters. The van der Waals surface area contributed by atoms with Crippen molar-refractivity contribution in [3.05, 3.63) is 34.9 Å².